The van der Waals surface area contributed by atoms with Crippen molar-refractivity contribution in [1.82, 2.24) is 20.3 Å². The Labute approximate surface area is 195 Å². The number of nitrogens with one attached hydrogen (secondary N) is 1. The summed E-state index contributed by atoms with van der Waals surface area (Å²) >= 11 is 0. The largest absolute Gasteiger partial charge is 0.502 e. The van der Waals surface area contributed by atoms with Crippen LogP contribution < -0.4 is 14.8 Å². The van der Waals surface area contributed by atoms with Gasteiger partial charge >= 0.3 is 0 Å². The molecular weight excluding hydrogens is 439 g/mol. The summed E-state index contributed by atoms with van der Waals surface area (Å²) < 4.78 is 24.4. The van der Waals surface area contributed by atoms with Gasteiger partial charge in [-0.05, 0) is 54.0 Å². The lowest BCUT2D eigenvalue weighted by Crippen LogP contribution is -2.23. The van der Waals surface area contributed by atoms with Gasteiger partial charge in [0.2, 0.25) is 17.6 Å². The van der Waals surface area contributed by atoms with Gasteiger partial charge in [0.1, 0.15) is 0 Å². The van der Waals surface area contributed by atoms with E-state index in [1.165, 1.54) is 14.2 Å². The summed E-state index contributed by atoms with van der Waals surface area (Å²) in [6.45, 7) is 2.12. The molecule has 8 nitrogen and oxygen atoms in total. The van der Waals surface area contributed by atoms with Gasteiger partial charge in [-0.3, -0.25) is 9.78 Å². The summed E-state index contributed by atoms with van der Waals surface area (Å²) in [6, 6.07) is 8.75. The molecule has 1 amide bonds. The highest BCUT2D eigenvalue weighted by Crippen LogP contribution is 2.43. The molecule has 2 heterocycles. The van der Waals surface area contributed by atoms with E-state index < -0.39 is 5.95 Å². The molecular formula is C25H23FN4O4. The van der Waals surface area contributed by atoms with Crippen molar-refractivity contribution in [3.05, 3.63) is 76.9 Å². The van der Waals surface area contributed by atoms with Gasteiger partial charge in [-0.1, -0.05) is 6.07 Å². The molecule has 2 aromatic heterocycles. The van der Waals surface area contributed by atoms with Gasteiger partial charge < -0.3 is 19.9 Å². The molecule has 0 saturated heterocycles. The Bertz CT molecular complexity index is 1280. The molecule has 2 N–H and O–H groups in total. The SMILES string of the molecule is COc1cc(C=C2C(C)=C(CC(=O)NCc3ccccn3)c3nc(F)cnc32)cc(OC)c1O. The molecule has 4 rings (SSSR count). The Morgan fingerprint density at radius 1 is 1.15 bits per heavy atom. The van der Waals surface area contributed by atoms with Crippen LogP contribution >= 0.6 is 0 Å². The van der Waals surface area contributed by atoms with E-state index in [1.807, 2.05) is 25.1 Å². The molecule has 0 atom stereocenters. The molecule has 0 spiro atoms. The second-order valence-corrected chi connectivity index (χ2v) is 7.60. The van der Waals surface area contributed by atoms with Gasteiger partial charge in [-0.15, -0.1) is 0 Å². The van der Waals surface area contributed by atoms with Crippen LogP contribution in [-0.2, 0) is 11.3 Å². The lowest BCUT2D eigenvalue weighted by Gasteiger charge is -2.10. The van der Waals surface area contributed by atoms with Gasteiger partial charge in [0.25, 0.3) is 0 Å². The first-order valence-corrected chi connectivity index (χ1v) is 10.5. The third kappa shape index (κ3) is 4.59. The highest BCUT2D eigenvalue weighted by molar-refractivity contribution is 6.06. The number of aromatic hydroxyl groups is 1. The molecule has 34 heavy (non-hydrogen) atoms. The number of rotatable bonds is 7. The number of halogens is 1. The number of phenolic OH excluding ortho intramolecular Hbond substituents is 1. The standard InChI is InChI=1S/C25H23FN4O4/c1-14-17(8-15-9-19(33-2)25(32)20(10-15)34-3)23-24(30-21(26)13-29-23)18(14)11-22(31)28-12-16-6-4-5-7-27-16/h4-10,13,32H,11-12H2,1-3H3,(H,28,31). The van der Waals surface area contributed by atoms with E-state index in [4.69, 9.17) is 9.47 Å². The zero-order valence-electron chi connectivity index (χ0n) is 18.9. The first-order valence-electron chi connectivity index (χ1n) is 10.5. The molecule has 0 aliphatic heterocycles. The fourth-order valence-electron chi connectivity index (χ4n) is 3.76. The van der Waals surface area contributed by atoms with Crippen LogP contribution in [0, 0.1) is 5.95 Å². The van der Waals surface area contributed by atoms with Crippen LogP contribution in [0.25, 0.3) is 17.2 Å². The van der Waals surface area contributed by atoms with Crippen LogP contribution in [0.15, 0.2) is 48.3 Å². The first-order chi connectivity index (χ1) is 16.4. The van der Waals surface area contributed by atoms with Crippen molar-refractivity contribution < 1.29 is 23.8 Å². The van der Waals surface area contributed by atoms with E-state index in [-0.39, 0.29) is 36.1 Å². The highest BCUT2D eigenvalue weighted by Gasteiger charge is 2.29. The lowest BCUT2D eigenvalue weighted by molar-refractivity contribution is -0.120. The van der Waals surface area contributed by atoms with Crippen molar-refractivity contribution in [3.63, 3.8) is 0 Å². The topological polar surface area (TPSA) is 106 Å². The maximum Gasteiger partial charge on any atom is 0.231 e. The number of hydrogen-bond acceptors (Lipinski definition) is 7. The Morgan fingerprint density at radius 3 is 2.53 bits per heavy atom. The number of aromatic nitrogens is 3. The summed E-state index contributed by atoms with van der Waals surface area (Å²) in [6.07, 6.45) is 4.51. The van der Waals surface area contributed by atoms with Crippen molar-refractivity contribution in [3.8, 4) is 17.2 Å². The zero-order valence-corrected chi connectivity index (χ0v) is 18.9. The third-order valence-corrected chi connectivity index (χ3v) is 5.48. The van der Waals surface area contributed by atoms with Crippen LogP contribution in [0.2, 0.25) is 0 Å². The van der Waals surface area contributed by atoms with Crippen LogP contribution in [0.5, 0.6) is 17.2 Å². The van der Waals surface area contributed by atoms with Gasteiger partial charge in [0, 0.05) is 11.8 Å². The number of ether oxygens (including phenoxy) is 2. The zero-order chi connectivity index (χ0) is 24.2. The minimum absolute atomic E-state index is 0.00333. The minimum Gasteiger partial charge on any atom is -0.502 e. The molecule has 1 aliphatic carbocycles. The van der Waals surface area contributed by atoms with E-state index in [0.717, 1.165) is 17.5 Å². The fourth-order valence-corrected chi connectivity index (χ4v) is 3.76. The van der Waals surface area contributed by atoms with Crippen LogP contribution in [0.3, 0.4) is 0 Å². The molecule has 9 heteroatoms. The van der Waals surface area contributed by atoms with E-state index in [9.17, 15) is 14.3 Å². The summed E-state index contributed by atoms with van der Waals surface area (Å²) in [4.78, 5) is 25.1. The average Bonchev–Trinajstić information content (AvgIpc) is 3.09. The number of nitrogens with zero attached hydrogens (tertiary/aromatic N) is 3. The number of benzene rings is 1. The summed E-state index contributed by atoms with van der Waals surface area (Å²) in [5, 5.41) is 13.0. The Balaban J connectivity index is 1.68. The number of amides is 1. The molecule has 0 radical (unpaired) electrons. The molecule has 0 saturated carbocycles. The molecule has 1 aromatic carbocycles. The molecule has 0 bridgehead atoms. The summed E-state index contributed by atoms with van der Waals surface area (Å²) in [5.41, 5.74) is 4.22. The highest BCUT2D eigenvalue weighted by atomic mass is 19.1. The van der Waals surface area contributed by atoms with Gasteiger partial charge in [0.15, 0.2) is 11.5 Å². The average molecular weight is 462 g/mol. The normalized spacial score (nSPS) is 13.7. The molecule has 0 unspecified atom stereocenters. The van der Waals surface area contributed by atoms with Gasteiger partial charge in [0.05, 0.1) is 50.5 Å². The Hall–Kier alpha value is -4.27. The second kappa shape index (κ2) is 9.70. The monoisotopic (exact) mass is 462 g/mol. The van der Waals surface area contributed by atoms with Crippen molar-refractivity contribution in [1.29, 1.82) is 0 Å². The lowest BCUT2D eigenvalue weighted by atomic mass is 10.0. The molecule has 3 aromatic rings. The molecule has 174 valence electrons. The predicted octanol–water partition coefficient (Wildman–Crippen LogP) is 3.77. The quantitative estimate of drug-likeness (QED) is 0.551. The number of methoxy groups -OCH3 is 2. The maximum atomic E-state index is 14.0. The van der Waals surface area contributed by atoms with Crippen molar-refractivity contribution in [2.24, 2.45) is 0 Å². The molecule has 0 fully saturated rings. The van der Waals surface area contributed by atoms with Crippen LogP contribution in [-0.4, -0.2) is 40.2 Å². The van der Waals surface area contributed by atoms with Crippen LogP contribution in [0.4, 0.5) is 4.39 Å². The Morgan fingerprint density at radius 2 is 1.88 bits per heavy atom. The number of fused-ring (bicyclic) bond motifs is 1. The van der Waals surface area contributed by atoms with Crippen molar-refractivity contribution >= 4 is 23.1 Å². The van der Waals surface area contributed by atoms with E-state index in [1.54, 1.807) is 24.4 Å². The second-order valence-electron chi connectivity index (χ2n) is 7.60. The third-order valence-electron chi connectivity index (χ3n) is 5.48. The number of allylic oxidation sites excluding steroid dienone is 2. The van der Waals surface area contributed by atoms with Crippen molar-refractivity contribution in [2.75, 3.05) is 14.2 Å². The summed E-state index contributed by atoms with van der Waals surface area (Å²) in [5.74, 6) is -0.604. The fraction of sp³-hybridized carbons (Fsp3) is 0.200. The smallest absolute Gasteiger partial charge is 0.231 e. The van der Waals surface area contributed by atoms with Gasteiger partial charge in [-0.2, -0.15) is 4.39 Å². The van der Waals surface area contributed by atoms with Crippen LogP contribution in [0.1, 0.15) is 36.0 Å². The summed E-state index contributed by atoms with van der Waals surface area (Å²) in [7, 11) is 2.88. The predicted molar refractivity (Wildman–Crippen MR) is 124 cm³/mol. The number of carbonyl (C=O) groups excluding carboxylic acids is 1. The Kier molecular flexibility index (Phi) is 6.53. The number of pyridine rings is 1. The minimum atomic E-state index is -0.729. The maximum absolute atomic E-state index is 14.0. The van der Waals surface area contributed by atoms with E-state index >= 15 is 0 Å². The number of carbonyl (C=O) groups is 1. The number of phenols is 1. The molecule has 1 aliphatic rings. The van der Waals surface area contributed by atoms with Crippen molar-refractivity contribution in [2.45, 2.75) is 19.9 Å². The first kappa shape index (κ1) is 22.9. The van der Waals surface area contributed by atoms with E-state index in [0.29, 0.717) is 28.1 Å². The van der Waals surface area contributed by atoms with Gasteiger partial charge in [-0.25, -0.2) is 9.97 Å². The number of hydrogen-bond donors (Lipinski definition) is 2. The van der Waals surface area contributed by atoms with E-state index in [2.05, 4.69) is 20.3 Å².